The Labute approximate surface area is 142 Å². The summed E-state index contributed by atoms with van der Waals surface area (Å²) in [6, 6.07) is 10.7. The van der Waals surface area contributed by atoms with Crippen molar-refractivity contribution in [3.05, 3.63) is 30.1 Å². The highest BCUT2D eigenvalue weighted by atomic mass is 28.4. The van der Waals surface area contributed by atoms with E-state index in [1.807, 2.05) is 0 Å². The molecule has 4 heteroatoms. The van der Waals surface area contributed by atoms with Crippen LogP contribution in [0.15, 0.2) is 24.3 Å². The number of hydrogen-bond acceptors (Lipinski definition) is 2. The molecular weight excluding hydrogens is 300 g/mol. The molecule has 1 aromatic carbocycles. The van der Waals surface area contributed by atoms with Gasteiger partial charge in [0, 0.05) is 7.05 Å². The zero-order valence-corrected chi connectivity index (χ0v) is 16.4. The highest BCUT2D eigenvalue weighted by molar-refractivity contribution is 6.72. The van der Waals surface area contributed by atoms with E-state index in [1.54, 1.807) is 0 Å². The molecule has 0 spiro atoms. The van der Waals surface area contributed by atoms with Gasteiger partial charge in [-0.1, -0.05) is 52.2 Å². The smallest absolute Gasteiger partial charge is 0.190 e. The molecule has 23 heavy (non-hydrogen) atoms. The molecular formula is C19H32N2OSi. The monoisotopic (exact) mass is 332 g/mol. The lowest BCUT2D eigenvalue weighted by atomic mass is 10.1. The van der Waals surface area contributed by atoms with E-state index in [9.17, 15) is 0 Å². The van der Waals surface area contributed by atoms with Crippen LogP contribution in [-0.2, 0) is 11.5 Å². The number of benzene rings is 1. The third kappa shape index (κ3) is 4.24. The minimum atomic E-state index is -1.63. The largest absolute Gasteiger partial charge is 0.407 e. The number of fused-ring (bicyclic) bond motifs is 1. The van der Waals surface area contributed by atoms with E-state index in [2.05, 4.69) is 63.2 Å². The molecule has 0 saturated heterocycles. The molecule has 0 saturated carbocycles. The minimum Gasteiger partial charge on any atom is -0.407 e. The summed E-state index contributed by atoms with van der Waals surface area (Å²) in [6.07, 6.45) is 4.93. The normalized spacial score (nSPS) is 13.6. The van der Waals surface area contributed by atoms with Gasteiger partial charge in [0.05, 0.1) is 11.0 Å². The van der Waals surface area contributed by atoms with Crippen LogP contribution in [0.25, 0.3) is 11.0 Å². The van der Waals surface area contributed by atoms with Gasteiger partial charge in [-0.05, 0) is 37.2 Å². The molecule has 0 aliphatic rings. The third-order valence-electron chi connectivity index (χ3n) is 5.10. The molecule has 0 amide bonds. The maximum absolute atomic E-state index is 6.73. The van der Waals surface area contributed by atoms with E-state index in [1.165, 1.54) is 24.8 Å². The van der Waals surface area contributed by atoms with Gasteiger partial charge < -0.3 is 8.99 Å². The Hall–Kier alpha value is -1.13. The fourth-order valence-electron chi connectivity index (χ4n) is 3.03. The second-order valence-corrected chi connectivity index (χ2v) is 11.3. The van der Waals surface area contributed by atoms with Crippen molar-refractivity contribution in [2.24, 2.45) is 7.05 Å². The number of aryl methyl sites for hydroxylation is 1. The fourth-order valence-corrected chi connectivity index (χ4v) is 4.78. The number of unbranched alkanes of at least 4 members (excludes halogenated alkanes) is 2. The van der Waals surface area contributed by atoms with Gasteiger partial charge in [-0.3, -0.25) is 0 Å². The third-order valence-corrected chi connectivity index (χ3v) is 8.95. The first-order valence-corrected chi connectivity index (χ1v) is 12.0. The Bertz CT molecular complexity index is 619. The van der Waals surface area contributed by atoms with Gasteiger partial charge in [0.15, 0.2) is 8.32 Å². The topological polar surface area (TPSA) is 27.1 Å². The summed E-state index contributed by atoms with van der Waals surface area (Å²) in [7, 11) is 0.494. The zero-order chi connectivity index (χ0) is 16.9. The highest BCUT2D eigenvalue weighted by Crippen LogP contribution is 2.31. The van der Waals surface area contributed by atoms with Crippen molar-refractivity contribution >= 4 is 19.4 Å². The van der Waals surface area contributed by atoms with Gasteiger partial charge in [-0.2, -0.15) is 0 Å². The lowest BCUT2D eigenvalue weighted by Crippen LogP contribution is -2.35. The summed E-state index contributed by atoms with van der Waals surface area (Å²) < 4.78 is 8.96. The predicted octanol–water partition coefficient (Wildman–Crippen LogP) is 5.83. The minimum absolute atomic E-state index is 0.135. The van der Waals surface area contributed by atoms with Gasteiger partial charge in [-0.15, -0.1) is 0 Å². The van der Waals surface area contributed by atoms with Crippen LogP contribution in [0.4, 0.5) is 0 Å². The van der Waals surface area contributed by atoms with Crippen LogP contribution in [0.3, 0.4) is 0 Å². The second kappa shape index (κ2) is 8.11. The van der Waals surface area contributed by atoms with Crippen LogP contribution in [0.2, 0.25) is 18.6 Å². The predicted molar refractivity (Wildman–Crippen MR) is 101 cm³/mol. The Kier molecular flexibility index (Phi) is 6.42. The van der Waals surface area contributed by atoms with Gasteiger partial charge in [0.1, 0.15) is 11.9 Å². The molecule has 2 rings (SSSR count). The summed E-state index contributed by atoms with van der Waals surface area (Å²) in [5.74, 6) is 1.10. The van der Waals surface area contributed by atoms with E-state index in [-0.39, 0.29) is 6.10 Å². The molecule has 0 fully saturated rings. The summed E-state index contributed by atoms with van der Waals surface area (Å²) in [5, 5.41) is 0. The van der Waals surface area contributed by atoms with Crippen LogP contribution in [0.5, 0.6) is 0 Å². The van der Waals surface area contributed by atoms with Crippen molar-refractivity contribution in [3.8, 4) is 0 Å². The number of aromatic nitrogens is 2. The maximum atomic E-state index is 6.73. The molecule has 128 valence electrons. The van der Waals surface area contributed by atoms with Crippen molar-refractivity contribution < 1.29 is 4.43 Å². The average molecular weight is 333 g/mol. The van der Waals surface area contributed by atoms with Gasteiger partial charge in [-0.25, -0.2) is 4.98 Å². The summed E-state index contributed by atoms with van der Waals surface area (Å²) in [6.45, 7) is 9.16. The standard InChI is InChI=1S/C19H32N2OSi/c1-6-9-10-15-18(22-23(5,7-2)8-3)19-20-16-13-11-12-14-17(16)21(19)4/h11-14,18H,6-10,15H2,1-5H3. The van der Waals surface area contributed by atoms with Crippen molar-refractivity contribution in [1.82, 2.24) is 9.55 Å². The highest BCUT2D eigenvalue weighted by Gasteiger charge is 2.31. The molecule has 1 aromatic heterocycles. The first-order chi connectivity index (χ1) is 11.0. The molecule has 1 unspecified atom stereocenters. The number of hydrogen-bond donors (Lipinski definition) is 0. The Morgan fingerprint density at radius 1 is 1.13 bits per heavy atom. The van der Waals surface area contributed by atoms with Crippen molar-refractivity contribution in [3.63, 3.8) is 0 Å². The fraction of sp³-hybridized carbons (Fsp3) is 0.632. The van der Waals surface area contributed by atoms with Crippen LogP contribution in [-0.4, -0.2) is 17.9 Å². The quantitative estimate of drug-likeness (QED) is 0.427. The van der Waals surface area contributed by atoms with E-state index >= 15 is 0 Å². The molecule has 0 bridgehead atoms. The molecule has 0 aliphatic heterocycles. The molecule has 3 nitrogen and oxygen atoms in total. The van der Waals surface area contributed by atoms with Crippen LogP contribution in [0.1, 0.15) is 58.4 Å². The van der Waals surface area contributed by atoms with E-state index < -0.39 is 8.32 Å². The van der Waals surface area contributed by atoms with E-state index in [4.69, 9.17) is 9.41 Å². The maximum Gasteiger partial charge on any atom is 0.190 e. The molecule has 0 radical (unpaired) electrons. The Balaban J connectivity index is 2.32. The molecule has 0 aliphatic carbocycles. The summed E-state index contributed by atoms with van der Waals surface area (Å²) >= 11 is 0. The van der Waals surface area contributed by atoms with E-state index in [0.717, 1.165) is 29.9 Å². The summed E-state index contributed by atoms with van der Waals surface area (Å²) in [5.41, 5.74) is 2.27. The van der Waals surface area contributed by atoms with Crippen molar-refractivity contribution in [1.29, 1.82) is 0 Å². The lowest BCUT2D eigenvalue weighted by Gasteiger charge is -2.30. The van der Waals surface area contributed by atoms with Crippen molar-refractivity contribution in [2.75, 3.05) is 0 Å². The number of nitrogens with zero attached hydrogens (tertiary/aromatic N) is 2. The van der Waals surface area contributed by atoms with Gasteiger partial charge in [0.2, 0.25) is 0 Å². The Morgan fingerprint density at radius 3 is 2.43 bits per heavy atom. The second-order valence-electron chi connectivity index (χ2n) is 6.78. The van der Waals surface area contributed by atoms with Crippen LogP contribution in [0, 0.1) is 0 Å². The van der Waals surface area contributed by atoms with Gasteiger partial charge >= 0.3 is 0 Å². The zero-order valence-electron chi connectivity index (χ0n) is 15.4. The van der Waals surface area contributed by atoms with E-state index in [0.29, 0.717) is 0 Å². The molecule has 0 N–H and O–H groups in total. The number of imidazole rings is 1. The van der Waals surface area contributed by atoms with Crippen molar-refractivity contribution in [2.45, 2.75) is 71.2 Å². The number of para-hydroxylation sites is 2. The molecule has 1 heterocycles. The number of rotatable bonds is 9. The van der Waals surface area contributed by atoms with Gasteiger partial charge in [0.25, 0.3) is 0 Å². The summed E-state index contributed by atoms with van der Waals surface area (Å²) in [4.78, 5) is 4.90. The molecule has 2 aromatic rings. The first-order valence-electron chi connectivity index (χ1n) is 9.13. The Morgan fingerprint density at radius 2 is 1.83 bits per heavy atom. The first kappa shape index (κ1) is 18.2. The average Bonchev–Trinajstić information content (AvgIpc) is 2.91. The van der Waals surface area contributed by atoms with Crippen LogP contribution >= 0.6 is 0 Å². The lowest BCUT2D eigenvalue weighted by molar-refractivity contribution is 0.166. The van der Waals surface area contributed by atoms with Crippen LogP contribution < -0.4 is 0 Å². The SMILES string of the molecule is CCCCCC(O[Si](C)(CC)CC)c1nc2ccccc2n1C. The molecule has 1 atom stereocenters.